The minimum Gasteiger partial charge on any atom is -0.308 e. The van der Waals surface area contributed by atoms with E-state index in [4.69, 9.17) is 9.10 Å². The van der Waals surface area contributed by atoms with Crippen molar-refractivity contribution in [1.29, 1.82) is 0 Å². The summed E-state index contributed by atoms with van der Waals surface area (Å²) in [7, 11) is 0. The fourth-order valence-corrected chi connectivity index (χ4v) is 9.65. The van der Waals surface area contributed by atoms with Crippen LogP contribution in [0.2, 0.25) is 0 Å². The molecule has 3 aromatic heterocycles. The summed E-state index contributed by atoms with van der Waals surface area (Å²) < 4.78 is 30.9. The van der Waals surface area contributed by atoms with E-state index in [1.54, 1.807) is 6.33 Å². The minimum atomic E-state index is -2.37. The second-order valence-corrected chi connectivity index (χ2v) is 16.5. The maximum Gasteiger partial charge on any atom is 0.191 e. The van der Waals surface area contributed by atoms with Crippen LogP contribution in [0.3, 0.4) is 0 Å². The lowest BCUT2D eigenvalue weighted by Gasteiger charge is -2.30. The van der Waals surface area contributed by atoms with Gasteiger partial charge in [-0.3, -0.25) is 4.57 Å². The molecule has 0 saturated heterocycles. The fourth-order valence-electron chi connectivity index (χ4n) is 9.65. The number of hydrogen-bond acceptors (Lipinski definition) is 2. The van der Waals surface area contributed by atoms with Gasteiger partial charge in [0.1, 0.15) is 11.5 Å². The Morgan fingerprint density at radius 1 is 0.424 bits per heavy atom. The lowest BCUT2D eigenvalue weighted by molar-refractivity contribution is 0.911. The molecule has 5 heteroatoms. The minimum absolute atomic E-state index is 0.625. The molecule has 9 aromatic carbocycles. The molecule has 3 heterocycles. The largest absolute Gasteiger partial charge is 0.308 e. The summed E-state index contributed by atoms with van der Waals surface area (Å²) >= 11 is 0. The van der Waals surface area contributed by atoms with Gasteiger partial charge in [-0.25, -0.2) is 9.55 Å². The van der Waals surface area contributed by atoms with E-state index < -0.39 is 6.98 Å². The first-order valence-corrected chi connectivity index (χ1v) is 22.2. The lowest BCUT2D eigenvalue weighted by Crippen LogP contribution is -2.13. The summed E-state index contributed by atoms with van der Waals surface area (Å²) in [5.41, 5.74) is 15.9. The van der Waals surface area contributed by atoms with Gasteiger partial charge in [0.25, 0.3) is 0 Å². The Kier molecular flexibility index (Phi) is 8.85. The standard InChI is InChI=1S/C61H44N5/c1-63-42-64(58-34-16-15-33-57(58)63)47-25-17-26-48(40-47)65(61-52(44-21-7-3-8-22-44)30-18-31-53(61)45-23-9-4-10-24-45)49-35-36-55-54-29-13-14-32-56(54)66(59(55)41-49)60-39-46(37-38-62-60)51-28-12-11-27-50(51)43-19-5-2-6-20-43/h2-42H,1H3/q+1/i1D3. The number of nitrogens with zero attached hydrogens (tertiary/aromatic N) is 5. The zero-order valence-electron chi connectivity index (χ0n) is 38.9. The van der Waals surface area contributed by atoms with Crippen molar-refractivity contribution in [3.63, 3.8) is 0 Å². The van der Waals surface area contributed by atoms with Crippen LogP contribution in [0.15, 0.2) is 249 Å². The molecule has 0 aliphatic carbocycles. The van der Waals surface area contributed by atoms with Crippen LogP contribution in [0.25, 0.3) is 88.9 Å². The SMILES string of the molecule is [2H]C([2H])([2H])n1[cH+]n(-c2cccc(N(c3ccc4c5ccccc5n(-c5cc(-c6ccccc6-c6ccccc6)ccn5)c4c3)c3c(-c4ccccc4)cccc3-c3ccccc3)c2)c2ccccc21. The predicted octanol–water partition coefficient (Wildman–Crippen LogP) is 15.9. The first-order valence-electron chi connectivity index (χ1n) is 23.7. The third-order valence-electron chi connectivity index (χ3n) is 12.6. The summed E-state index contributed by atoms with van der Waals surface area (Å²) in [5.74, 6) is 0.809. The number of para-hydroxylation sites is 4. The van der Waals surface area contributed by atoms with Gasteiger partial charge in [-0.15, -0.1) is 0 Å². The molecule has 0 aliphatic heterocycles. The molecular formula is C61H44N5+. The highest BCUT2D eigenvalue weighted by atomic mass is 15.2. The molecule has 66 heavy (non-hydrogen) atoms. The lowest BCUT2D eigenvalue weighted by atomic mass is 9.94. The summed E-state index contributed by atoms with van der Waals surface area (Å²) in [6.07, 6.45) is 3.61. The molecular weight excluding hydrogens is 803 g/mol. The van der Waals surface area contributed by atoms with E-state index in [-0.39, 0.29) is 0 Å². The zero-order chi connectivity index (χ0) is 46.5. The molecule has 0 aliphatic rings. The van der Waals surface area contributed by atoms with Gasteiger partial charge < -0.3 is 4.90 Å². The molecule has 0 N–H and O–H groups in total. The van der Waals surface area contributed by atoms with E-state index >= 15 is 0 Å². The van der Waals surface area contributed by atoms with Crippen molar-refractivity contribution in [3.8, 4) is 56.0 Å². The van der Waals surface area contributed by atoms with Crippen molar-refractivity contribution in [2.45, 2.75) is 0 Å². The average molecular weight is 850 g/mol. The van der Waals surface area contributed by atoms with Crippen LogP contribution < -0.4 is 4.90 Å². The smallest absolute Gasteiger partial charge is 0.191 e. The van der Waals surface area contributed by atoms with Crippen LogP contribution in [0, 0.1) is 0 Å². The van der Waals surface area contributed by atoms with Crippen molar-refractivity contribution >= 4 is 49.9 Å². The van der Waals surface area contributed by atoms with Gasteiger partial charge in [-0.2, -0.15) is 4.57 Å². The van der Waals surface area contributed by atoms with Crippen molar-refractivity contribution in [1.82, 2.24) is 18.7 Å². The third kappa shape index (κ3) is 6.73. The number of benzene rings is 9. The Morgan fingerprint density at radius 3 is 1.67 bits per heavy atom. The highest BCUT2D eigenvalue weighted by Crippen LogP contribution is 2.48. The van der Waals surface area contributed by atoms with Gasteiger partial charge in [0.2, 0.25) is 0 Å². The van der Waals surface area contributed by atoms with Crippen molar-refractivity contribution < 1.29 is 4.11 Å². The Bertz CT molecular complexity index is 3780. The summed E-state index contributed by atoms with van der Waals surface area (Å²) in [5, 5.41) is 2.23. The van der Waals surface area contributed by atoms with E-state index in [9.17, 15) is 0 Å². The Morgan fingerprint density at radius 2 is 0.970 bits per heavy atom. The Balaban J connectivity index is 1.12. The summed E-state index contributed by atoms with van der Waals surface area (Å²) in [4.78, 5) is 7.46. The third-order valence-corrected chi connectivity index (χ3v) is 12.6. The second kappa shape index (κ2) is 16.4. The molecule has 0 amide bonds. The highest BCUT2D eigenvalue weighted by molar-refractivity contribution is 6.11. The number of imidazole rings is 1. The number of fused-ring (bicyclic) bond motifs is 4. The predicted molar refractivity (Wildman–Crippen MR) is 275 cm³/mol. The van der Waals surface area contributed by atoms with Gasteiger partial charge in [0, 0.05) is 69.1 Å². The van der Waals surface area contributed by atoms with Gasteiger partial charge >= 0.3 is 0 Å². The highest BCUT2D eigenvalue weighted by Gasteiger charge is 2.25. The van der Waals surface area contributed by atoms with Crippen LogP contribution in [0.5, 0.6) is 0 Å². The van der Waals surface area contributed by atoms with Crippen LogP contribution in [0.4, 0.5) is 17.1 Å². The first kappa shape index (κ1) is 35.6. The maximum atomic E-state index is 8.43. The monoisotopic (exact) mass is 849 g/mol. The van der Waals surface area contributed by atoms with Crippen LogP contribution in [-0.4, -0.2) is 18.7 Å². The van der Waals surface area contributed by atoms with Gasteiger partial charge in [0.05, 0.1) is 22.4 Å². The van der Waals surface area contributed by atoms with E-state index in [1.807, 2.05) is 41.1 Å². The molecule has 0 spiro atoms. The van der Waals surface area contributed by atoms with Crippen molar-refractivity contribution in [2.75, 3.05) is 4.90 Å². The molecule has 0 unspecified atom stereocenters. The van der Waals surface area contributed by atoms with Crippen LogP contribution in [-0.2, 0) is 6.98 Å². The molecule has 0 atom stereocenters. The Labute approximate surface area is 388 Å². The van der Waals surface area contributed by atoms with Crippen LogP contribution >= 0.6 is 0 Å². The quantitative estimate of drug-likeness (QED) is 0.136. The second-order valence-electron chi connectivity index (χ2n) is 16.5. The van der Waals surface area contributed by atoms with E-state index in [0.717, 1.165) is 100 Å². The number of aryl methyl sites for hydroxylation is 1. The maximum absolute atomic E-state index is 8.43. The van der Waals surface area contributed by atoms with Crippen LogP contribution in [0.1, 0.15) is 4.11 Å². The molecule has 12 aromatic rings. The number of pyridine rings is 1. The van der Waals surface area contributed by atoms with E-state index in [0.29, 0.717) is 5.52 Å². The molecule has 0 saturated carbocycles. The Hall–Kier alpha value is -8.80. The molecule has 312 valence electrons. The van der Waals surface area contributed by atoms with Gasteiger partial charge in [0.15, 0.2) is 17.4 Å². The summed E-state index contributed by atoms with van der Waals surface area (Å²) in [6, 6.07) is 82.3. The van der Waals surface area contributed by atoms with E-state index in [2.05, 4.69) is 216 Å². The summed E-state index contributed by atoms with van der Waals surface area (Å²) in [6.45, 7) is -2.37. The zero-order valence-corrected chi connectivity index (χ0v) is 35.9. The van der Waals surface area contributed by atoms with E-state index in [1.165, 1.54) is 4.57 Å². The number of aromatic nitrogens is 4. The molecule has 12 rings (SSSR count). The number of anilines is 3. The fraction of sp³-hybridized carbons (Fsp3) is 0.0164. The molecule has 0 bridgehead atoms. The van der Waals surface area contributed by atoms with Crippen molar-refractivity contribution in [3.05, 3.63) is 249 Å². The normalized spacial score (nSPS) is 12.3. The van der Waals surface area contributed by atoms with Crippen molar-refractivity contribution in [2.24, 2.45) is 6.98 Å². The van der Waals surface area contributed by atoms with Gasteiger partial charge in [-0.1, -0.05) is 158 Å². The number of hydrogen-bond donors (Lipinski definition) is 0. The topological polar surface area (TPSA) is 30.9 Å². The van der Waals surface area contributed by atoms with Gasteiger partial charge in [-0.05, 0) is 88.0 Å². The first-order chi connectivity index (χ1) is 33.9. The molecule has 0 radical (unpaired) electrons. The molecule has 0 fully saturated rings. The molecule has 5 nitrogen and oxygen atoms in total. The number of rotatable bonds is 9. The average Bonchev–Trinajstić information content (AvgIpc) is 3.97.